The third-order valence-corrected chi connectivity index (χ3v) is 4.86. The second-order valence-corrected chi connectivity index (χ2v) is 7.24. The van der Waals surface area contributed by atoms with Crippen LogP contribution >= 0.6 is 0 Å². The van der Waals surface area contributed by atoms with Crippen molar-refractivity contribution in [3.8, 4) is 0 Å². The Bertz CT molecular complexity index is 940. The predicted molar refractivity (Wildman–Crippen MR) is 121 cm³/mol. The fourth-order valence-corrected chi connectivity index (χ4v) is 3.08. The Morgan fingerprint density at radius 1 is 0.765 bits per heavy atom. The Kier molecular flexibility index (Phi) is 10.4. The summed E-state index contributed by atoms with van der Waals surface area (Å²) in [5.74, 6) is 0. The topological polar surface area (TPSA) is 168 Å². The lowest BCUT2D eigenvalue weighted by atomic mass is 10.2. The first-order chi connectivity index (χ1) is 16.3. The zero-order chi connectivity index (χ0) is 24.9. The Morgan fingerprint density at radius 2 is 1.21 bits per heavy atom. The number of carbonyl (C=O) groups is 2. The molecule has 0 spiro atoms. The molecule has 0 aliphatic rings. The smallest absolute Gasteiger partial charge is 0.419 e. The van der Waals surface area contributed by atoms with Gasteiger partial charge in [0.2, 0.25) is 0 Å². The van der Waals surface area contributed by atoms with Gasteiger partial charge in [0.1, 0.15) is 13.2 Å². The number of nitrogens with zero attached hydrogens (tertiary/aromatic N) is 3. The molecule has 182 valence electrons. The standard InChI is InChI=1S/C22H26N4O8/c23-13-7-1-2-8-14-24(21(27)33-15-17-9-3-5-11-19(17)25(29)30)22(28)34-16-18-10-4-6-12-20(18)26(31)32/h3-6,9-12H,1-2,7-8,13-16,23H2. The molecule has 2 aromatic carbocycles. The lowest BCUT2D eigenvalue weighted by Gasteiger charge is -2.20. The van der Waals surface area contributed by atoms with Gasteiger partial charge in [0.05, 0.1) is 21.0 Å². The number of unbranched alkanes of at least 4 members (excludes halogenated alkanes) is 3. The van der Waals surface area contributed by atoms with Crippen molar-refractivity contribution in [1.29, 1.82) is 0 Å². The summed E-state index contributed by atoms with van der Waals surface area (Å²) in [4.78, 5) is 47.2. The predicted octanol–water partition coefficient (Wildman–Crippen LogP) is 4.30. The van der Waals surface area contributed by atoms with Gasteiger partial charge in [-0.15, -0.1) is 0 Å². The number of nitro benzene ring substituents is 2. The minimum atomic E-state index is -1.04. The molecule has 0 atom stereocenters. The van der Waals surface area contributed by atoms with Gasteiger partial charge in [0, 0.05) is 18.7 Å². The summed E-state index contributed by atoms with van der Waals surface area (Å²) in [7, 11) is 0. The highest BCUT2D eigenvalue weighted by Gasteiger charge is 2.26. The number of benzene rings is 2. The quantitative estimate of drug-likeness (QED) is 0.268. The highest BCUT2D eigenvalue weighted by molar-refractivity contribution is 5.87. The van der Waals surface area contributed by atoms with E-state index in [1.807, 2.05) is 0 Å². The van der Waals surface area contributed by atoms with E-state index in [1.54, 1.807) is 12.1 Å². The van der Waals surface area contributed by atoms with Gasteiger partial charge >= 0.3 is 12.2 Å². The number of nitrogens with two attached hydrogens (primary N) is 1. The van der Waals surface area contributed by atoms with Gasteiger partial charge in [0.25, 0.3) is 11.4 Å². The van der Waals surface area contributed by atoms with Crippen molar-refractivity contribution in [2.45, 2.75) is 38.9 Å². The van der Waals surface area contributed by atoms with Gasteiger partial charge in [-0.25, -0.2) is 14.5 Å². The fraction of sp³-hybridized carbons (Fsp3) is 0.364. The van der Waals surface area contributed by atoms with E-state index < -0.39 is 35.2 Å². The number of amides is 2. The van der Waals surface area contributed by atoms with E-state index in [1.165, 1.54) is 36.4 Å². The van der Waals surface area contributed by atoms with Crippen LogP contribution in [0.5, 0.6) is 0 Å². The van der Waals surface area contributed by atoms with Crippen LogP contribution in [0.15, 0.2) is 48.5 Å². The first-order valence-electron chi connectivity index (χ1n) is 10.6. The fourth-order valence-electron chi connectivity index (χ4n) is 3.08. The monoisotopic (exact) mass is 474 g/mol. The second-order valence-electron chi connectivity index (χ2n) is 7.24. The van der Waals surface area contributed by atoms with Crippen LogP contribution in [-0.2, 0) is 22.7 Å². The number of ether oxygens (including phenoxy) is 2. The average molecular weight is 474 g/mol. The number of hydrogen-bond donors (Lipinski definition) is 1. The number of para-hydroxylation sites is 2. The molecule has 0 aromatic heterocycles. The van der Waals surface area contributed by atoms with Crippen LogP contribution in [0.2, 0.25) is 0 Å². The van der Waals surface area contributed by atoms with Crippen LogP contribution in [0.3, 0.4) is 0 Å². The van der Waals surface area contributed by atoms with Crippen LogP contribution in [-0.4, -0.2) is 40.0 Å². The molecule has 0 heterocycles. The molecule has 2 amide bonds. The number of hydrogen-bond acceptors (Lipinski definition) is 9. The van der Waals surface area contributed by atoms with E-state index in [9.17, 15) is 29.8 Å². The zero-order valence-corrected chi connectivity index (χ0v) is 18.5. The van der Waals surface area contributed by atoms with Crippen LogP contribution in [0, 0.1) is 20.2 Å². The summed E-state index contributed by atoms with van der Waals surface area (Å²) in [6, 6.07) is 11.5. The van der Waals surface area contributed by atoms with Crippen molar-refractivity contribution < 1.29 is 28.9 Å². The van der Waals surface area contributed by atoms with E-state index in [-0.39, 0.29) is 29.0 Å². The first kappa shape index (κ1) is 26.2. The van der Waals surface area contributed by atoms with Gasteiger partial charge < -0.3 is 15.2 Å². The maximum Gasteiger partial charge on any atom is 0.419 e. The molecular formula is C22H26N4O8. The lowest BCUT2D eigenvalue weighted by molar-refractivity contribution is -0.386. The molecule has 0 aliphatic carbocycles. The van der Waals surface area contributed by atoms with Gasteiger partial charge in [-0.3, -0.25) is 20.2 Å². The van der Waals surface area contributed by atoms with E-state index in [0.717, 1.165) is 17.7 Å². The molecule has 0 saturated heterocycles. The van der Waals surface area contributed by atoms with Crippen LogP contribution in [0.1, 0.15) is 36.8 Å². The third kappa shape index (κ3) is 7.81. The molecule has 0 fully saturated rings. The number of carbonyl (C=O) groups excluding carboxylic acids is 2. The molecule has 0 unspecified atom stereocenters. The molecule has 0 bridgehead atoms. The SMILES string of the molecule is NCCCCCCN(C(=O)OCc1ccccc1[N+](=O)[O-])C(=O)OCc1ccccc1[N+](=O)[O-]. The van der Waals surface area contributed by atoms with Crippen molar-refractivity contribution in [2.24, 2.45) is 5.73 Å². The molecule has 2 rings (SSSR count). The average Bonchev–Trinajstić information content (AvgIpc) is 2.83. The van der Waals surface area contributed by atoms with Crippen LogP contribution in [0.4, 0.5) is 21.0 Å². The van der Waals surface area contributed by atoms with Crippen LogP contribution < -0.4 is 5.73 Å². The summed E-state index contributed by atoms with van der Waals surface area (Å²) in [6.07, 6.45) is 0.684. The highest BCUT2D eigenvalue weighted by Crippen LogP contribution is 2.20. The molecule has 0 aliphatic heterocycles. The summed E-state index contributed by atoms with van der Waals surface area (Å²) >= 11 is 0. The summed E-state index contributed by atoms with van der Waals surface area (Å²) in [5.41, 5.74) is 5.36. The highest BCUT2D eigenvalue weighted by atomic mass is 16.6. The Morgan fingerprint density at radius 3 is 1.65 bits per heavy atom. The number of nitro groups is 2. The largest absolute Gasteiger partial charge is 0.444 e. The van der Waals surface area contributed by atoms with Crippen molar-refractivity contribution in [3.05, 3.63) is 79.9 Å². The Hall–Kier alpha value is -4.06. The number of rotatable bonds is 12. The van der Waals surface area contributed by atoms with Crippen LogP contribution in [0.25, 0.3) is 0 Å². The van der Waals surface area contributed by atoms with Gasteiger partial charge in [-0.2, -0.15) is 0 Å². The molecule has 12 heteroatoms. The Balaban J connectivity index is 2.07. The van der Waals surface area contributed by atoms with Gasteiger partial charge in [0.15, 0.2) is 0 Å². The minimum Gasteiger partial charge on any atom is -0.444 e. The zero-order valence-electron chi connectivity index (χ0n) is 18.5. The van der Waals surface area contributed by atoms with E-state index in [2.05, 4.69) is 0 Å². The molecule has 34 heavy (non-hydrogen) atoms. The second kappa shape index (κ2) is 13.5. The third-order valence-electron chi connectivity index (χ3n) is 4.86. The summed E-state index contributed by atoms with van der Waals surface area (Å²) in [5, 5.41) is 22.3. The molecule has 0 radical (unpaired) electrons. The van der Waals surface area contributed by atoms with Crippen molar-refractivity contribution in [1.82, 2.24) is 4.90 Å². The van der Waals surface area contributed by atoms with Crippen molar-refractivity contribution in [2.75, 3.05) is 13.1 Å². The summed E-state index contributed by atoms with van der Waals surface area (Å²) in [6.45, 7) is -0.330. The Labute approximate surface area is 195 Å². The first-order valence-corrected chi connectivity index (χ1v) is 10.6. The maximum absolute atomic E-state index is 12.7. The number of imide groups is 1. The van der Waals surface area contributed by atoms with E-state index in [4.69, 9.17) is 15.2 Å². The van der Waals surface area contributed by atoms with Crippen molar-refractivity contribution in [3.63, 3.8) is 0 Å². The molecule has 12 nitrogen and oxygen atoms in total. The van der Waals surface area contributed by atoms with Crippen molar-refractivity contribution >= 4 is 23.6 Å². The maximum atomic E-state index is 12.7. The van der Waals surface area contributed by atoms with E-state index in [0.29, 0.717) is 19.4 Å². The van der Waals surface area contributed by atoms with E-state index >= 15 is 0 Å². The normalized spacial score (nSPS) is 10.4. The molecule has 0 saturated carbocycles. The summed E-state index contributed by atoms with van der Waals surface area (Å²) < 4.78 is 10.3. The lowest BCUT2D eigenvalue weighted by Crippen LogP contribution is -2.38. The molecule has 2 N–H and O–H groups in total. The molecular weight excluding hydrogens is 448 g/mol. The van der Waals surface area contributed by atoms with Gasteiger partial charge in [-0.1, -0.05) is 37.1 Å². The molecule has 2 aromatic rings. The van der Waals surface area contributed by atoms with Gasteiger partial charge in [-0.05, 0) is 31.5 Å². The minimum absolute atomic E-state index is 0.0179.